The van der Waals surface area contributed by atoms with Crippen molar-refractivity contribution in [3.05, 3.63) is 46.9 Å². The van der Waals surface area contributed by atoms with Crippen molar-refractivity contribution in [2.45, 2.75) is 31.3 Å². The van der Waals surface area contributed by atoms with E-state index in [1.54, 1.807) is 28.4 Å². The van der Waals surface area contributed by atoms with Gasteiger partial charge in [0.05, 0.1) is 18.3 Å². The van der Waals surface area contributed by atoms with Crippen LogP contribution in [-0.4, -0.2) is 64.3 Å². The van der Waals surface area contributed by atoms with E-state index in [4.69, 9.17) is 15.3 Å². The number of amides is 2. The minimum absolute atomic E-state index is 0.143. The number of β-lactam (4-membered cyclic amide) rings is 1. The monoisotopic (exact) mass is 532 g/mol. The maximum absolute atomic E-state index is 13.0. The maximum Gasteiger partial charge on any atom is 0.276 e. The molecular formula is C22H24N6O6S2. The third-order valence-corrected chi connectivity index (χ3v) is 7.38. The largest absolute Gasteiger partial charge is 0.543 e. The molecule has 2 aliphatic heterocycles. The Bertz CT molecular complexity index is 1250. The standard InChI is InChI=1S/C22H24N6O6S2/c1-3-7-34-13-5-4-6-27(9-13)8-12-10-35-20-16(19(30)28(20)17(12)21(31)32)25-18(29)15(26-33-2)14-11-36-22(23)24-14/h4-6,9,11,16,20H,3,7-8,10H2,1-2H3,(H3-,23,24,25,29,31,32)/b26-15-/t16-,20-/m1/s1. The van der Waals surface area contributed by atoms with Crippen LogP contribution in [0.3, 0.4) is 0 Å². The summed E-state index contributed by atoms with van der Waals surface area (Å²) in [5, 5.41) is 19.6. The Morgan fingerprint density at radius 3 is 2.92 bits per heavy atom. The summed E-state index contributed by atoms with van der Waals surface area (Å²) in [6.07, 6.45) is 4.42. The third kappa shape index (κ3) is 5.14. The Balaban J connectivity index is 1.51. The highest BCUT2D eigenvalue weighted by Crippen LogP contribution is 2.40. The topological polar surface area (TPSA) is 163 Å². The minimum Gasteiger partial charge on any atom is -0.543 e. The summed E-state index contributed by atoms with van der Waals surface area (Å²) in [6.45, 7) is 2.81. The molecule has 4 heterocycles. The van der Waals surface area contributed by atoms with Crippen LogP contribution >= 0.6 is 23.1 Å². The van der Waals surface area contributed by atoms with Gasteiger partial charge in [-0.05, 0) is 12.5 Å². The second-order valence-electron chi connectivity index (χ2n) is 7.85. The van der Waals surface area contributed by atoms with Crippen LogP contribution < -0.4 is 25.5 Å². The normalized spacial score (nSPS) is 19.4. The number of aromatic nitrogens is 2. The Kier molecular flexibility index (Phi) is 7.74. The van der Waals surface area contributed by atoms with Gasteiger partial charge in [0, 0.05) is 22.8 Å². The van der Waals surface area contributed by atoms with E-state index in [0.717, 1.165) is 22.7 Å². The molecule has 0 saturated carbocycles. The highest BCUT2D eigenvalue weighted by Gasteiger charge is 2.53. The van der Waals surface area contributed by atoms with Crippen LogP contribution in [0.4, 0.5) is 5.13 Å². The predicted molar refractivity (Wildman–Crippen MR) is 130 cm³/mol. The molecule has 14 heteroatoms. The summed E-state index contributed by atoms with van der Waals surface area (Å²) in [5.74, 6) is -1.71. The lowest BCUT2D eigenvalue weighted by atomic mass is 10.0. The van der Waals surface area contributed by atoms with Crippen molar-refractivity contribution in [3.8, 4) is 5.75 Å². The zero-order valence-electron chi connectivity index (χ0n) is 19.5. The molecule has 4 rings (SSSR count). The molecule has 1 fully saturated rings. The number of aliphatic carboxylic acids is 1. The van der Waals surface area contributed by atoms with Gasteiger partial charge in [-0.15, -0.1) is 23.1 Å². The number of rotatable bonds is 10. The molecule has 2 atom stereocenters. The number of hydrogen-bond donors (Lipinski definition) is 2. The molecule has 1 saturated heterocycles. The van der Waals surface area contributed by atoms with Gasteiger partial charge in [0.15, 0.2) is 29.3 Å². The number of thiazole rings is 1. The number of ether oxygens (including phenoxy) is 1. The number of carbonyl (C=O) groups excluding carboxylic acids is 3. The van der Waals surface area contributed by atoms with Crippen molar-refractivity contribution in [1.29, 1.82) is 0 Å². The Labute approximate surface area is 214 Å². The molecule has 12 nitrogen and oxygen atoms in total. The first-order valence-corrected chi connectivity index (χ1v) is 12.9. The van der Waals surface area contributed by atoms with Gasteiger partial charge in [-0.25, -0.2) is 4.98 Å². The third-order valence-electron chi connectivity index (χ3n) is 5.37. The van der Waals surface area contributed by atoms with Crippen LogP contribution in [0.15, 0.2) is 46.3 Å². The number of thioether (sulfide) groups is 1. The number of nitrogens with two attached hydrogens (primary N) is 1. The molecule has 2 aromatic heterocycles. The lowest BCUT2D eigenvalue weighted by Crippen LogP contribution is -2.71. The molecule has 36 heavy (non-hydrogen) atoms. The molecule has 2 aromatic rings. The number of nitrogens with one attached hydrogen (secondary N) is 1. The molecule has 0 radical (unpaired) electrons. The summed E-state index contributed by atoms with van der Waals surface area (Å²) in [7, 11) is 1.28. The van der Waals surface area contributed by atoms with Gasteiger partial charge in [-0.3, -0.25) is 14.5 Å². The average molecular weight is 533 g/mol. The highest BCUT2D eigenvalue weighted by molar-refractivity contribution is 8.00. The van der Waals surface area contributed by atoms with Gasteiger partial charge in [0.2, 0.25) is 6.20 Å². The van der Waals surface area contributed by atoms with Crippen LogP contribution in [0, 0.1) is 0 Å². The number of carbonyl (C=O) groups is 3. The fourth-order valence-corrected chi connectivity index (χ4v) is 5.70. The van der Waals surface area contributed by atoms with Crippen molar-refractivity contribution in [2.24, 2.45) is 5.16 Å². The lowest BCUT2D eigenvalue weighted by molar-refractivity contribution is -0.689. The van der Waals surface area contributed by atoms with Crippen molar-refractivity contribution in [3.63, 3.8) is 0 Å². The highest BCUT2D eigenvalue weighted by atomic mass is 32.2. The van der Waals surface area contributed by atoms with E-state index in [0.29, 0.717) is 23.7 Å². The van der Waals surface area contributed by atoms with Gasteiger partial charge < -0.3 is 30.5 Å². The number of anilines is 1. The van der Waals surface area contributed by atoms with E-state index < -0.39 is 29.2 Å². The minimum atomic E-state index is -1.45. The Hall–Kier alpha value is -3.65. The Morgan fingerprint density at radius 2 is 2.25 bits per heavy atom. The van der Waals surface area contributed by atoms with Gasteiger partial charge in [-0.1, -0.05) is 12.1 Å². The van der Waals surface area contributed by atoms with E-state index in [1.807, 2.05) is 13.0 Å². The summed E-state index contributed by atoms with van der Waals surface area (Å²) in [5.41, 5.74) is 6.04. The van der Waals surface area contributed by atoms with E-state index in [-0.39, 0.29) is 28.8 Å². The van der Waals surface area contributed by atoms with Crippen LogP contribution in [0.5, 0.6) is 5.75 Å². The number of oxime groups is 1. The van der Waals surface area contributed by atoms with Crippen LogP contribution in [0.25, 0.3) is 0 Å². The van der Waals surface area contributed by atoms with Gasteiger partial charge in [-0.2, -0.15) is 4.57 Å². The average Bonchev–Trinajstić information content (AvgIpc) is 3.29. The molecule has 0 unspecified atom stereocenters. The quantitative estimate of drug-likeness (QED) is 0.174. The number of fused-ring (bicyclic) bond motifs is 1. The Morgan fingerprint density at radius 1 is 1.44 bits per heavy atom. The maximum atomic E-state index is 13.0. The SMILES string of the molecule is CCCOc1ccc[n+](CC2=C(C(=O)[O-])N3C(=O)[C@@H](NC(=O)/C(=N\OC)c4csc(N)n4)[C@H]3SC2)c1. The molecule has 190 valence electrons. The molecule has 0 aromatic carbocycles. The predicted octanol–water partition coefficient (Wildman–Crippen LogP) is -0.744. The van der Waals surface area contributed by atoms with Crippen molar-refractivity contribution in [2.75, 3.05) is 25.2 Å². The molecule has 0 spiro atoms. The first kappa shape index (κ1) is 25.4. The molecule has 3 N–H and O–H groups in total. The number of nitrogen functional groups attached to an aromatic ring is 1. The summed E-state index contributed by atoms with van der Waals surface area (Å²) in [6, 6.07) is 2.67. The van der Waals surface area contributed by atoms with Crippen molar-refractivity contribution >= 4 is 51.7 Å². The second kappa shape index (κ2) is 11.0. The molecular weight excluding hydrogens is 508 g/mol. The zero-order chi connectivity index (χ0) is 25.8. The van der Waals surface area contributed by atoms with E-state index in [9.17, 15) is 19.5 Å². The fraction of sp³-hybridized carbons (Fsp3) is 0.364. The first-order chi connectivity index (χ1) is 17.3. The van der Waals surface area contributed by atoms with Crippen molar-refractivity contribution < 1.29 is 33.6 Å². The van der Waals surface area contributed by atoms with E-state index >= 15 is 0 Å². The second-order valence-corrected chi connectivity index (χ2v) is 9.85. The van der Waals surface area contributed by atoms with E-state index in [2.05, 4.69) is 15.5 Å². The number of carboxylic acids is 1. The number of carboxylic acid groups (broad SMARTS) is 1. The number of pyridine rings is 1. The summed E-state index contributed by atoms with van der Waals surface area (Å²) in [4.78, 5) is 47.8. The molecule has 0 bridgehead atoms. The first-order valence-electron chi connectivity index (χ1n) is 11.0. The van der Waals surface area contributed by atoms with Crippen LogP contribution in [0.1, 0.15) is 19.0 Å². The lowest BCUT2D eigenvalue weighted by Gasteiger charge is -2.50. The zero-order valence-corrected chi connectivity index (χ0v) is 21.1. The number of hydrogen-bond acceptors (Lipinski definition) is 11. The number of nitrogens with zero attached hydrogens (tertiary/aromatic N) is 4. The van der Waals surface area contributed by atoms with Gasteiger partial charge in [0.25, 0.3) is 11.8 Å². The van der Waals surface area contributed by atoms with E-state index in [1.165, 1.54) is 18.9 Å². The molecule has 0 aliphatic carbocycles. The fourth-order valence-electron chi connectivity index (χ4n) is 3.82. The van der Waals surface area contributed by atoms with Gasteiger partial charge >= 0.3 is 0 Å². The van der Waals surface area contributed by atoms with Crippen molar-refractivity contribution in [1.82, 2.24) is 15.2 Å². The van der Waals surface area contributed by atoms with Crippen LogP contribution in [0.2, 0.25) is 0 Å². The van der Waals surface area contributed by atoms with Crippen LogP contribution in [-0.2, 0) is 25.8 Å². The van der Waals surface area contributed by atoms with Gasteiger partial charge in [0.1, 0.15) is 24.2 Å². The molecule has 2 amide bonds. The summed E-state index contributed by atoms with van der Waals surface area (Å²) < 4.78 is 7.43. The smallest absolute Gasteiger partial charge is 0.276 e. The summed E-state index contributed by atoms with van der Waals surface area (Å²) >= 11 is 2.48. The molecule has 2 aliphatic rings.